The maximum Gasteiger partial charge on any atom is 0.230 e. The normalized spacial score (nSPS) is 10.5. The molecule has 0 aliphatic carbocycles. The molecule has 0 saturated carbocycles. The number of carbonyl (C=O) groups is 1. The Morgan fingerprint density at radius 1 is 1.03 bits per heavy atom. The largest absolute Gasteiger partial charge is 0.497 e. The Hall–Kier alpha value is -3.20. The van der Waals surface area contributed by atoms with Gasteiger partial charge in [0.1, 0.15) is 12.4 Å². The van der Waals surface area contributed by atoms with Crippen LogP contribution in [0.25, 0.3) is 11.4 Å². The van der Waals surface area contributed by atoms with Gasteiger partial charge in [0.25, 0.3) is 0 Å². The minimum absolute atomic E-state index is 0.0994. The molecule has 8 nitrogen and oxygen atoms in total. The van der Waals surface area contributed by atoms with Gasteiger partial charge >= 0.3 is 0 Å². The molecule has 3 aromatic rings. The monoisotopic (exact) mass is 428 g/mol. The van der Waals surface area contributed by atoms with E-state index in [1.807, 2.05) is 60.1 Å². The first-order chi connectivity index (χ1) is 14.6. The Labute approximate surface area is 179 Å². The van der Waals surface area contributed by atoms with E-state index < -0.39 is 0 Å². The smallest absolute Gasteiger partial charge is 0.230 e. The average molecular weight is 429 g/mol. The minimum Gasteiger partial charge on any atom is -0.497 e. The van der Waals surface area contributed by atoms with Crippen molar-refractivity contribution >= 4 is 17.7 Å². The highest BCUT2D eigenvalue weighted by atomic mass is 32.2. The van der Waals surface area contributed by atoms with E-state index in [0.29, 0.717) is 29.8 Å². The molecule has 1 heterocycles. The van der Waals surface area contributed by atoms with Crippen molar-refractivity contribution in [2.75, 3.05) is 33.1 Å². The highest BCUT2D eigenvalue weighted by molar-refractivity contribution is 7.99. The van der Waals surface area contributed by atoms with Gasteiger partial charge in [0, 0.05) is 12.6 Å². The number of amides is 1. The van der Waals surface area contributed by atoms with Crippen LogP contribution in [0.5, 0.6) is 17.2 Å². The third-order valence-electron chi connectivity index (χ3n) is 4.27. The second-order valence-electron chi connectivity index (χ2n) is 6.23. The van der Waals surface area contributed by atoms with Crippen molar-refractivity contribution in [2.24, 2.45) is 7.05 Å². The lowest BCUT2D eigenvalue weighted by Crippen LogP contribution is -2.29. The summed E-state index contributed by atoms with van der Waals surface area (Å²) in [7, 11) is 5.09. The summed E-state index contributed by atoms with van der Waals surface area (Å²) < 4.78 is 17.9. The van der Waals surface area contributed by atoms with Crippen LogP contribution in [0.4, 0.5) is 0 Å². The Balaban J connectivity index is 1.45. The quantitative estimate of drug-likeness (QED) is 0.392. The first kappa shape index (κ1) is 21.5. The summed E-state index contributed by atoms with van der Waals surface area (Å²) in [6, 6.07) is 15.0. The molecule has 1 aromatic heterocycles. The van der Waals surface area contributed by atoms with Crippen LogP contribution in [0.1, 0.15) is 0 Å². The molecule has 0 aliphatic heterocycles. The van der Waals surface area contributed by atoms with E-state index in [1.165, 1.54) is 11.8 Å². The Morgan fingerprint density at radius 3 is 2.47 bits per heavy atom. The van der Waals surface area contributed by atoms with Crippen molar-refractivity contribution in [3.8, 4) is 28.6 Å². The van der Waals surface area contributed by atoms with Gasteiger partial charge in [-0.3, -0.25) is 4.79 Å². The van der Waals surface area contributed by atoms with E-state index in [-0.39, 0.29) is 11.7 Å². The summed E-state index contributed by atoms with van der Waals surface area (Å²) in [6.07, 6.45) is 0. The summed E-state index contributed by atoms with van der Waals surface area (Å²) in [6.45, 7) is 0.746. The van der Waals surface area contributed by atoms with Gasteiger partial charge in [0.2, 0.25) is 5.91 Å². The van der Waals surface area contributed by atoms with Crippen molar-refractivity contribution in [3.05, 3.63) is 48.5 Å². The third kappa shape index (κ3) is 5.44. The van der Waals surface area contributed by atoms with Gasteiger partial charge in [0.05, 0.1) is 26.5 Å². The lowest BCUT2D eigenvalue weighted by atomic mass is 10.2. The molecule has 0 bridgehead atoms. The van der Waals surface area contributed by atoms with Crippen LogP contribution in [-0.2, 0) is 11.8 Å². The Bertz CT molecular complexity index is 975. The number of para-hydroxylation sites is 2. The van der Waals surface area contributed by atoms with Crippen LogP contribution in [0.3, 0.4) is 0 Å². The second-order valence-corrected chi connectivity index (χ2v) is 7.17. The zero-order valence-corrected chi connectivity index (χ0v) is 17.9. The van der Waals surface area contributed by atoms with Crippen LogP contribution in [0, 0.1) is 0 Å². The van der Waals surface area contributed by atoms with Crippen molar-refractivity contribution < 1.29 is 19.0 Å². The molecule has 0 fully saturated rings. The van der Waals surface area contributed by atoms with E-state index >= 15 is 0 Å². The fourth-order valence-electron chi connectivity index (χ4n) is 2.70. The van der Waals surface area contributed by atoms with E-state index in [1.54, 1.807) is 14.2 Å². The van der Waals surface area contributed by atoms with Gasteiger partial charge in [-0.05, 0) is 36.4 Å². The molecule has 0 aliphatic rings. The van der Waals surface area contributed by atoms with Gasteiger partial charge in [-0.2, -0.15) is 0 Å². The van der Waals surface area contributed by atoms with Crippen LogP contribution >= 0.6 is 11.8 Å². The molecule has 0 atom stereocenters. The molecule has 2 aromatic carbocycles. The topological polar surface area (TPSA) is 87.5 Å². The van der Waals surface area contributed by atoms with Crippen LogP contribution < -0.4 is 19.5 Å². The maximum atomic E-state index is 12.1. The minimum atomic E-state index is -0.0994. The molecule has 1 amide bonds. The number of hydrogen-bond acceptors (Lipinski definition) is 7. The molecular weight excluding hydrogens is 404 g/mol. The standard InChI is InChI=1S/C21H24N4O4S/c1-25-20(15-8-10-16(27-2)11-9-15)23-24-21(25)30-14-19(26)22-12-13-29-18-7-5-4-6-17(18)28-3/h4-11H,12-14H2,1-3H3,(H,22,26). The molecule has 0 unspecified atom stereocenters. The zero-order chi connectivity index (χ0) is 21.3. The van der Waals surface area contributed by atoms with Gasteiger partial charge in [-0.25, -0.2) is 0 Å². The Kier molecular flexibility index (Phi) is 7.56. The average Bonchev–Trinajstić information content (AvgIpc) is 3.15. The van der Waals surface area contributed by atoms with E-state index in [9.17, 15) is 4.79 Å². The van der Waals surface area contributed by atoms with E-state index in [0.717, 1.165) is 17.1 Å². The van der Waals surface area contributed by atoms with Crippen LogP contribution in [0.2, 0.25) is 0 Å². The second kappa shape index (κ2) is 10.5. The summed E-state index contributed by atoms with van der Waals surface area (Å²) in [5.74, 6) is 2.96. The van der Waals surface area contributed by atoms with Gasteiger partial charge in [-0.15, -0.1) is 10.2 Å². The van der Waals surface area contributed by atoms with Crippen LogP contribution in [-0.4, -0.2) is 53.8 Å². The van der Waals surface area contributed by atoms with E-state index in [2.05, 4.69) is 15.5 Å². The van der Waals surface area contributed by atoms with Crippen molar-refractivity contribution in [3.63, 3.8) is 0 Å². The SMILES string of the molecule is COc1ccc(-c2nnc(SCC(=O)NCCOc3ccccc3OC)n2C)cc1. The number of ether oxygens (including phenoxy) is 3. The third-order valence-corrected chi connectivity index (χ3v) is 5.29. The van der Waals surface area contributed by atoms with Crippen molar-refractivity contribution in [1.82, 2.24) is 20.1 Å². The fraction of sp³-hybridized carbons (Fsp3) is 0.286. The maximum absolute atomic E-state index is 12.1. The first-order valence-electron chi connectivity index (χ1n) is 9.31. The molecular formula is C21H24N4O4S. The lowest BCUT2D eigenvalue weighted by molar-refractivity contribution is -0.118. The molecule has 0 saturated heterocycles. The van der Waals surface area contributed by atoms with Crippen LogP contribution in [0.15, 0.2) is 53.7 Å². The number of aromatic nitrogens is 3. The number of methoxy groups -OCH3 is 2. The molecule has 0 spiro atoms. The number of nitrogens with zero attached hydrogens (tertiary/aromatic N) is 3. The molecule has 30 heavy (non-hydrogen) atoms. The van der Waals surface area contributed by atoms with E-state index in [4.69, 9.17) is 14.2 Å². The number of rotatable bonds is 10. The first-order valence-corrected chi connectivity index (χ1v) is 10.3. The molecule has 9 heteroatoms. The summed E-state index contributed by atoms with van der Waals surface area (Å²) in [5, 5.41) is 11.9. The predicted molar refractivity (Wildman–Crippen MR) is 115 cm³/mol. The number of nitrogens with one attached hydrogen (secondary N) is 1. The molecule has 1 N–H and O–H groups in total. The number of thioether (sulfide) groups is 1. The van der Waals surface area contributed by atoms with Crippen molar-refractivity contribution in [1.29, 1.82) is 0 Å². The molecule has 158 valence electrons. The summed E-state index contributed by atoms with van der Waals surface area (Å²) in [5.41, 5.74) is 0.926. The zero-order valence-electron chi connectivity index (χ0n) is 17.1. The number of benzene rings is 2. The number of carbonyl (C=O) groups excluding carboxylic acids is 1. The van der Waals surface area contributed by atoms with Gasteiger partial charge in [-0.1, -0.05) is 23.9 Å². The van der Waals surface area contributed by atoms with Gasteiger partial charge < -0.3 is 24.1 Å². The highest BCUT2D eigenvalue weighted by Crippen LogP contribution is 2.26. The Morgan fingerprint density at radius 2 is 1.77 bits per heavy atom. The summed E-state index contributed by atoms with van der Waals surface area (Å²) >= 11 is 1.33. The van der Waals surface area contributed by atoms with Crippen molar-refractivity contribution in [2.45, 2.75) is 5.16 Å². The fourth-order valence-corrected chi connectivity index (χ4v) is 3.44. The summed E-state index contributed by atoms with van der Waals surface area (Å²) in [4.78, 5) is 12.1. The lowest BCUT2D eigenvalue weighted by Gasteiger charge is -2.10. The number of hydrogen-bond donors (Lipinski definition) is 1. The predicted octanol–water partition coefficient (Wildman–Crippen LogP) is 2.79. The van der Waals surface area contributed by atoms with Gasteiger partial charge in [0.15, 0.2) is 22.5 Å². The molecule has 0 radical (unpaired) electrons. The highest BCUT2D eigenvalue weighted by Gasteiger charge is 2.13. The molecule has 3 rings (SSSR count).